The molecule has 2 aromatic carbocycles. The Morgan fingerprint density at radius 2 is 1.47 bits per heavy atom. The summed E-state index contributed by atoms with van der Waals surface area (Å²) >= 11 is 0. The molecule has 0 aromatic heterocycles. The third kappa shape index (κ3) is 5.25. The number of piperidine rings is 1. The summed E-state index contributed by atoms with van der Waals surface area (Å²) < 4.78 is 21.3. The Morgan fingerprint density at radius 1 is 0.875 bits per heavy atom. The summed E-state index contributed by atoms with van der Waals surface area (Å²) in [5.74, 6) is 1.87. The van der Waals surface area contributed by atoms with E-state index >= 15 is 0 Å². The third-order valence-corrected chi connectivity index (χ3v) is 5.67. The van der Waals surface area contributed by atoms with Crippen molar-refractivity contribution in [1.82, 2.24) is 10.2 Å². The number of likely N-dealkylation sites (tertiary alicyclic amines) is 1. The summed E-state index contributed by atoms with van der Waals surface area (Å²) in [6.07, 6.45) is 1.65. The largest absolute Gasteiger partial charge is 0.496 e. The van der Waals surface area contributed by atoms with Crippen molar-refractivity contribution in [2.24, 2.45) is 0 Å². The molecule has 0 aliphatic carbocycles. The van der Waals surface area contributed by atoms with Gasteiger partial charge in [0, 0.05) is 36.8 Å². The summed E-state index contributed by atoms with van der Waals surface area (Å²) in [6.45, 7) is 1.17. The molecule has 32 heavy (non-hydrogen) atoms. The topological polar surface area (TPSA) is 86.3 Å². The highest BCUT2D eigenvalue weighted by Gasteiger charge is 2.26. The lowest BCUT2D eigenvalue weighted by atomic mass is 10.0. The predicted octanol–water partition coefficient (Wildman–Crippen LogP) is 2.68. The number of carbonyl (C=O) groups is 2. The molecule has 8 heteroatoms. The van der Waals surface area contributed by atoms with Crippen molar-refractivity contribution in [2.75, 3.05) is 41.5 Å². The van der Waals surface area contributed by atoms with E-state index in [1.807, 2.05) is 29.2 Å². The van der Waals surface area contributed by atoms with Gasteiger partial charge in [-0.1, -0.05) is 18.2 Å². The first kappa shape index (κ1) is 23.2. The fraction of sp³-hybridized carbons (Fsp3) is 0.417. The highest BCUT2D eigenvalue weighted by Crippen LogP contribution is 2.34. The van der Waals surface area contributed by atoms with Crippen molar-refractivity contribution in [1.29, 1.82) is 0 Å². The smallest absolute Gasteiger partial charge is 0.255 e. The summed E-state index contributed by atoms with van der Waals surface area (Å²) in [7, 11) is 6.15. The Balaban J connectivity index is 1.59. The number of nitrogens with zero attached hydrogens (tertiary/aromatic N) is 1. The molecule has 1 heterocycles. The summed E-state index contributed by atoms with van der Waals surface area (Å²) in [6, 6.07) is 10.7. The van der Waals surface area contributed by atoms with Crippen LogP contribution < -0.4 is 24.3 Å². The van der Waals surface area contributed by atoms with Crippen molar-refractivity contribution in [3.05, 3.63) is 47.5 Å². The van der Waals surface area contributed by atoms with Crippen LogP contribution in [-0.2, 0) is 11.2 Å². The van der Waals surface area contributed by atoms with Crippen LogP contribution in [0, 0.1) is 0 Å². The molecule has 2 aromatic rings. The number of methoxy groups -OCH3 is 4. The molecule has 0 unspecified atom stereocenters. The molecule has 1 fully saturated rings. The molecular formula is C24H30N2O6. The van der Waals surface area contributed by atoms with E-state index in [9.17, 15) is 9.59 Å². The Morgan fingerprint density at radius 3 is 2.09 bits per heavy atom. The van der Waals surface area contributed by atoms with Crippen LogP contribution in [-0.4, -0.2) is 64.3 Å². The van der Waals surface area contributed by atoms with Crippen LogP contribution >= 0.6 is 0 Å². The summed E-state index contributed by atoms with van der Waals surface area (Å²) in [5, 5.41) is 3.05. The van der Waals surface area contributed by atoms with Gasteiger partial charge in [-0.2, -0.15) is 0 Å². The first-order valence-corrected chi connectivity index (χ1v) is 10.5. The molecule has 1 aliphatic rings. The van der Waals surface area contributed by atoms with Crippen molar-refractivity contribution in [3.8, 4) is 23.0 Å². The maximum atomic E-state index is 12.9. The van der Waals surface area contributed by atoms with E-state index in [1.54, 1.807) is 19.2 Å². The van der Waals surface area contributed by atoms with Gasteiger partial charge in [-0.05, 0) is 18.9 Å². The van der Waals surface area contributed by atoms with Gasteiger partial charge in [0.1, 0.15) is 11.5 Å². The van der Waals surface area contributed by atoms with Crippen LogP contribution in [0.4, 0.5) is 0 Å². The average Bonchev–Trinajstić information content (AvgIpc) is 2.83. The van der Waals surface area contributed by atoms with Crippen LogP contribution in [0.5, 0.6) is 23.0 Å². The highest BCUT2D eigenvalue weighted by molar-refractivity contribution is 5.98. The number of nitrogens with one attached hydrogen (secondary N) is 1. The van der Waals surface area contributed by atoms with E-state index < -0.39 is 0 Å². The molecule has 1 saturated heterocycles. The molecule has 0 bridgehead atoms. The van der Waals surface area contributed by atoms with Crippen LogP contribution in [0.25, 0.3) is 0 Å². The maximum absolute atomic E-state index is 12.9. The second-order valence-corrected chi connectivity index (χ2v) is 7.52. The van der Waals surface area contributed by atoms with Gasteiger partial charge in [-0.25, -0.2) is 0 Å². The monoisotopic (exact) mass is 442 g/mol. The Bertz CT molecular complexity index is 954. The van der Waals surface area contributed by atoms with Crippen molar-refractivity contribution in [3.63, 3.8) is 0 Å². The van der Waals surface area contributed by atoms with E-state index in [0.717, 1.165) is 5.56 Å². The Labute approximate surface area is 188 Å². The second kappa shape index (κ2) is 10.7. The zero-order chi connectivity index (χ0) is 23.1. The number of hydrogen-bond acceptors (Lipinski definition) is 6. The van der Waals surface area contributed by atoms with Gasteiger partial charge < -0.3 is 29.2 Å². The van der Waals surface area contributed by atoms with Crippen LogP contribution in [0.15, 0.2) is 36.4 Å². The summed E-state index contributed by atoms with van der Waals surface area (Å²) in [4.78, 5) is 27.5. The van der Waals surface area contributed by atoms with Crippen LogP contribution in [0.1, 0.15) is 28.8 Å². The number of para-hydroxylation sites is 1. The number of hydrogen-bond donors (Lipinski definition) is 1. The van der Waals surface area contributed by atoms with E-state index in [0.29, 0.717) is 60.9 Å². The van der Waals surface area contributed by atoms with E-state index in [4.69, 9.17) is 18.9 Å². The Hall–Kier alpha value is -3.42. The highest BCUT2D eigenvalue weighted by atomic mass is 16.5. The molecule has 2 amide bonds. The molecule has 1 aliphatic heterocycles. The minimum absolute atomic E-state index is 0.0318. The number of carbonyl (C=O) groups excluding carboxylic acids is 2. The van der Waals surface area contributed by atoms with E-state index in [1.165, 1.54) is 21.3 Å². The first-order valence-electron chi connectivity index (χ1n) is 10.5. The second-order valence-electron chi connectivity index (χ2n) is 7.52. The molecule has 8 nitrogen and oxygen atoms in total. The molecular weight excluding hydrogens is 412 g/mol. The summed E-state index contributed by atoms with van der Waals surface area (Å²) in [5.41, 5.74) is 1.25. The standard InChI is InChI=1S/C24H30N2O6/c1-29-19-8-6-5-7-16(19)13-23(27)26-11-9-17(10-12-26)25-24(28)18-14-21(31-3)22(32-4)15-20(18)30-2/h5-8,14-15,17H,9-13H2,1-4H3,(H,25,28). The van der Waals surface area contributed by atoms with Crippen LogP contribution in [0.3, 0.4) is 0 Å². The zero-order valence-corrected chi connectivity index (χ0v) is 19.0. The molecule has 0 spiro atoms. The number of benzene rings is 2. The van der Waals surface area contributed by atoms with Gasteiger partial charge in [0.15, 0.2) is 11.5 Å². The van der Waals surface area contributed by atoms with Crippen molar-refractivity contribution < 1.29 is 28.5 Å². The van der Waals surface area contributed by atoms with Gasteiger partial charge in [0.2, 0.25) is 5.91 Å². The lowest BCUT2D eigenvalue weighted by molar-refractivity contribution is -0.131. The lowest BCUT2D eigenvalue weighted by Crippen LogP contribution is -2.47. The molecule has 1 N–H and O–H groups in total. The predicted molar refractivity (Wildman–Crippen MR) is 120 cm³/mol. The van der Waals surface area contributed by atoms with Gasteiger partial charge in [0.25, 0.3) is 5.91 Å². The molecule has 0 radical (unpaired) electrons. The normalized spacial score (nSPS) is 13.9. The van der Waals surface area contributed by atoms with E-state index in [2.05, 4.69) is 5.32 Å². The minimum Gasteiger partial charge on any atom is -0.496 e. The zero-order valence-electron chi connectivity index (χ0n) is 19.0. The SMILES string of the molecule is COc1ccccc1CC(=O)N1CCC(NC(=O)c2cc(OC)c(OC)cc2OC)CC1. The fourth-order valence-corrected chi connectivity index (χ4v) is 3.87. The molecule has 0 atom stereocenters. The van der Waals surface area contributed by atoms with Gasteiger partial charge in [-0.15, -0.1) is 0 Å². The van der Waals surface area contributed by atoms with Crippen molar-refractivity contribution >= 4 is 11.8 Å². The maximum Gasteiger partial charge on any atom is 0.255 e. The van der Waals surface area contributed by atoms with Gasteiger partial charge >= 0.3 is 0 Å². The molecule has 3 rings (SSSR count). The number of rotatable bonds is 8. The van der Waals surface area contributed by atoms with Crippen LogP contribution in [0.2, 0.25) is 0 Å². The average molecular weight is 443 g/mol. The molecule has 172 valence electrons. The number of amides is 2. The minimum atomic E-state index is -0.249. The first-order chi connectivity index (χ1) is 15.5. The Kier molecular flexibility index (Phi) is 7.81. The third-order valence-electron chi connectivity index (χ3n) is 5.67. The van der Waals surface area contributed by atoms with Gasteiger partial charge in [0.05, 0.1) is 40.4 Å². The molecule has 0 saturated carbocycles. The quantitative estimate of drug-likeness (QED) is 0.677. The van der Waals surface area contributed by atoms with Crippen molar-refractivity contribution in [2.45, 2.75) is 25.3 Å². The van der Waals surface area contributed by atoms with E-state index in [-0.39, 0.29) is 17.9 Å². The lowest BCUT2D eigenvalue weighted by Gasteiger charge is -2.32. The fourth-order valence-electron chi connectivity index (χ4n) is 3.87. The number of ether oxygens (including phenoxy) is 4. The van der Waals surface area contributed by atoms with Gasteiger partial charge in [-0.3, -0.25) is 9.59 Å².